The minimum absolute atomic E-state index is 0.00191. The third kappa shape index (κ3) is 3.85. The summed E-state index contributed by atoms with van der Waals surface area (Å²) < 4.78 is 6.73. The van der Waals surface area contributed by atoms with Crippen LogP contribution in [-0.4, -0.2) is 16.6 Å². The number of nitrogens with two attached hydrogens (primary N) is 1. The first-order valence-electron chi connectivity index (χ1n) is 7.24. The van der Waals surface area contributed by atoms with E-state index in [2.05, 4.69) is 6.92 Å². The summed E-state index contributed by atoms with van der Waals surface area (Å²) in [6.45, 7) is 2.13. The molecule has 5 nitrogen and oxygen atoms in total. The molecule has 1 aliphatic rings. The van der Waals surface area contributed by atoms with E-state index >= 15 is 0 Å². The maximum atomic E-state index is 11.9. The second-order valence-electron chi connectivity index (χ2n) is 5.47. The van der Waals surface area contributed by atoms with Gasteiger partial charge in [0.25, 0.3) is 5.56 Å². The van der Waals surface area contributed by atoms with Crippen molar-refractivity contribution in [3.8, 4) is 0 Å². The minimum atomic E-state index is -0.363. The Morgan fingerprint density at radius 2 is 2.05 bits per heavy atom. The summed E-state index contributed by atoms with van der Waals surface area (Å²) in [6.07, 6.45) is 6.75. The van der Waals surface area contributed by atoms with Gasteiger partial charge in [-0.1, -0.05) is 13.3 Å². The number of nitrogen functional groups attached to an aromatic ring is 1. The van der Waals surface area contributed by atoms with Gasteiger partial charge >= 0.3 is 5.97 Å². The zero-order chi connectivity index (χ0) is 14.5. The smallest absolute Gasteiger partial charge is 0.326 e. The molecule has 0 aromatic carbocycles. The molecular formula is C15H22N2O3. The predicted octanol–water partition coefficient (Wildman–Crippen LogP) is 1.94. The van der Waals surface area contributed by atoms with Gasteiger partial charge in [0, 0.05) is 18.0 Å². The molecule has 0 spiro atoms. The second-order valence-corrected chi connectivity index (χ2v) is 5.47. The van der Waals surface area contributed by atoms with E-state index in [0.717, 1.165) is 31.6 Å². The average Bonchev–Trinajstić information content (AvgIpc) is 2.43. The molecule has 1 fully saturated rings. The average molecular weight is 278 g/mol. The molecule has 1 aliphatic carbocycles. The van der Waals surface area contributed by atoms with Crippen LogP contribution in [0.5, 0.6) is 0 Å². The molecule has 0 unspecified atom stereocenters. The van der Waals surface area contributed by atoms with E-state index < -0.39 is 0 Å². The lowest BCUT2D eigenvalue weighted by Crippen LogP contribution is -2.29. The zero-order valence-corrected chi connectivity index (χ0v) is 11.9. The molecule has 110 valence electrons. The van der Waals surface area contributed by atoms with Gasteiger partial charge in [0.05, 0.1) is 0 Å². The molecule has 5 heteroatoms. The van der Waals surface area contributed by atoms with Gasteiger partial charge in [-0.3, -0.25) is 9.59 Å². The van der Waals surface area contributed by atoms with Crippen molar-refractivity contribution in [3.63, 3.8) is 0 Å². The third-order valence-electron chi connectivity index (χ3n) is 3.98. The molecule has 0 bridgehead atoms. The fraction of sp³-hybridized carbons (Fsp3) is 0.600. The number of anilines is 1. The predicted molar refractivity (Wildman–Crippen MR) is 77.2 cm³/mol. The van der Waals surface area contributed by atoms with E-state index in [9.17, 15) is 9.59 Å². The quantitative estimate of drug-likeness (QED) is 0.854. The van der Waals surface area contributed by atoms with Gasteiger partial charge in [0.1, 0.15) is 12.6 Å². The molecular weight excluding hydrogens is 256 g/mol. The van der Waals surface area contributed by atoms with Crippen molar-refractivity contribution in [1.82, 2.24) is 4.57 Å². The molecule has 1 aromatic rings. The topological polar surface area (TPSA) is 74.3 Å². The van der Waals surface area contributed by atoms with E-state index in [-0.39, 0.29) is 24.2 Å². The van der Waals surface area contributed by atoms with Crippen LogP contribution in [0.2, 0.25) is 0 Å². The Labute approximate surface area is 118 Å². The second kappa shape index (κ2) is 6.59. The van der Waals surface area contributed by atoms with E-state index in [4.69, 9.17) is 10.5 Å². The maximum Gasteiger partial charge on any atom is 0.326 e. The van der Waals surface area contributed by atoms with E-state index in [1.54, 1.807) is 0 Å². The summed E-state index contributed by atoms with van der Waals surface area (Å²) >= 11 is 0. The van der Waals surface area contributed by atoms with Gasteiger partial charge in [-0.25, -0.2) is 0 Å². The van der Waals surface area contributed by atoms with Crippen LogP contribution in [0.4, 0.5) is 5.69 Å². The van der Waals surface area contributed by atoms with Crippen molar-refractivity contribution in [2.24, 2.45) is 5.92 Å². The van der Waals surface area contributed by atoms with Gasteiger partial charge in [0.2, 0.25) is 0 Å². The molecule has 1 heterocycles. The number of hydrogen-bond acceptors (Lipinski definition) is 4. The number of carbonyl (C=O) groups excluding carboxylic acids is 1. The normalized spacial score (nSPS) is 22.4. The number of ether oxygens (including phenoxy) is 1. The lowest BCUT2D eigenvalue weighted by Gasteiger charge is -2.27. The Kier molecular flexibility index (Phi) is 4.82. The largest absolute Gasteiger partial charge is 0.461 e. The third-order valence-corrected chi connectivity index (χ3v) is 3.98. The van der Waals surface area contributed by atoms with E-state index in [0.29, 0.717) is 5.69 Å². The van der Waals surface area contributed by atoms with Crippen molar-refractivity contribution >= 4 is 11.7 Å². The van der Waals surface area contributed by atoms with Crippen LogP contribution >= 0.6 is 0 Å². The SMILES string of the molecule is CCC1CCC(OC(=O)Cn2cc(N)ccc2=O)CC1. The molecule has 2 rings (SSSR count). The monoisotopic (exact) mass is 278 g/mol. The van der Waals surface area contributed by atoms with E-state index in [1.165, 1.54) is 29.3 Å². The molecule has 0 saturated heterocycles. The van der Waals surface area contributed by atoms with Crippen molar-refractivity contribution in [3.05, 3.63) is 28.7 Å². The van der Waals surface area contributed by atoms with Crippen molar-refractivity contribution in [2.75, 3.05) is 5.73 Å². The van der Waals surface area contributed by atoms with Crippen LogP contribution in [-0.2, 0) is 16.1 Å². The Morgan fingerprint density at radius 3 is 2.70 bits per heavy atom. The molecule has 0 aliphatic heterocycles. The number of esters is 1. The van der Waals surface area contributed by atoms with Crippen molar-refractivity contribution < 1.29 is 9.53 Å². The molecule has 0 radical (unpaired) electrons. The number of rotatable bonds is 4. The summed E-state index contributed by atoms with van der Waals surface area (Å²) in [4.78, 5) is 23.5. The Hall–Kier alpha value is -1.78. The first-order valence-corrected chi connectivity index (χ1v) is 7.24. The van der Waals surface area contributed by atoms with Gasteiger partial charge < -0.3 is 15.0 Å². The van der Waals surface area contributed by atoms with Gasteiger partial charge in [-0.15, -0.1) is 0 Å². The van der Waals surface area contributed by atoms with Gasteiger partial charge in [-0.2, -0.15) is 0 Å². The first-order chi connectivity index (χ1) is 9.58. The summed E-state index contributed by atoms with van der Waals surface area (Å²) in [5, 5.41) is 0. The van der Waals surface area contributed by atoms with Crippen LogP contribution in [0.25, 0.3) is 0 Å². The highest BCUT2D eigenvalue weighted by molar-refractivity contribution is 5.69. The summed E-state index contributed by atoms with van der Waals surface area (Å²) in [6, 6.07) is 2.88. The Bertz CT molecular complexity index is 516. The van der Waals surface area contributed by atoms with Crippen LogP contribution in [0, 0.1) is 5.92 Å². The molecule has 2 N–H and O–H groups in total. The highest BCUT2D eigenvalue weighted by atomic mass is 16.5. The summed E-state index contributed by atoms with van der Waals surface area (Å²) in [5.41, 5.74) is 5.82. The van der Waals surface area contributed by atoms with Gasteiger partial charge in [-0.05, 0) is 37.7 Å². The molecule has 0 amide bonds. The molecule has 1 aromatic heterocycles. The number of pyridine rings is 1. The summed E-state index contributed by atoms with van der Waals surface area (Å²) in [5.74, 6) is 0.402. The van der Waals surface area contributed by atoms with Crippen LogP contribution < -0.4 is 11.3 Å². The molecule has 1 saturated carbocycles. The molecule has 0 atom stereocenters. The lowest BCUT2D eigenvalue weighted by molar-refractivity contribution is -0.151. The summed E-state index contributed by atoms with van der Waals surface area (Å²) in [7, 11) is 0. The fourth-order valence-electron chi connectivity index (χ4n) is 2.69. The van der Waals surface area contributed by atoms with Gasteiger partial charge in [0.15, 0.2) is 0 Å². The number of hydrogen-bond donors (Lipinski definition) is 1. The standard InChI is InChI=1S/C15H22N2O3/c1-2-11-3-6-13(7-4-11)20-15(19)10-17-9-12(16)5-8-14(17)18/h5,8-9,11,13H,2-4,6-7,10,16H2,1H3. The van der Waals surface area contributed by atoms with Crippen LogP contribution in [0.3, 0.4) is 0 Å². The minimum Gasteiger partial charge on any atom is -0.461 e. The number of nitrogens with zero attached hydrogens (tertiary/aromatic N) is 1. The zero-order valence-electron chi connectivity index (χ0n) is 11.9. The maximum absolute atomic E-state index is 11.9. The number of aromatic nitrogens is 1. The van der Waals surface area contributed by atoms with Crippen LogP contribution in [0.1, 0.15) is 39.0 Å². The van der Waals surface area contributed by atoms with Crippen molar-refractivity contribution in [1.29, 1.82) is 0 Å². The van der Waals surface area contributed by atoms with E-state index in [1.807, 2.05) is 0 Å². The fourth-order valence-corrected chi connectivity index (χ4v) is 2.69. The molecule has 20 heavy (non-hydrogen) atoms. The Morgan fingerprint density at radius 1 is 1.35 bits per heavy atom. The first kappa shape index (κ1) is 14.6. The highest BCUT2D eigenvalue weighted by Crippen LogP contribution is 2.28. The lowest BCUT2D eigenvalue weighted by atomic mass is 9.86. The highest BCUT2D eigenvalue weighted by Gasteiger charge is 2.22. The Balaban J connectivity index is 1.87. The van der Waals surface area contributed by atoms with Crippen molar-refractivity contribution in [2.45, 2.75) is 51.7 Å². The number of carbonyl (C=O) groups is 1. The van der Waals surface area contributed by atoms with Crippen LogP contribution in [0.15, 0.2) is 23.1 Å².